The third-order valence-corrected chi connectivity index (χ3v) is 3.66. The Kier molecular flexibility index (Phi) is 4.25. The van der Waals surface area contributed by atoms with Crippen LogP contribution in [0.25, 0.3) is 11.0 Å². The average molecular weight is 266 g/mol. The molecule has 0 saturated carbocycles. The van der Waals surface area contributed by atoms with Crippen molar-refractivity contribution in [1.29, 1.82) is 0 Å². The number of likely N-dealkylation sites (N-methyl/N-ethyl adjacent to an activating group) is 1. The van der Waals surface area contributed by atoms with Crippen LogP contribution in [0.4, 0.5) is 0 Å². The van der Waals surface area contributed by atoms with Gasteiger partial charge < -0.3 is 9.47 Å². The fourth-order valence-corrected chi connectivity index (χ4v) is 2.32. The predicted molar refractivity (Wildman–Crippen MR) is 77.2 cm³/mol. The van der Waals surface area contributed by atoms with Crippen LogP contribution in [0.2, 0.25) is 0 Å². The van der Waals surface area contributed by atoms with Crippen LogP contribution in [0.5, 0.6) is 0 Å². The van der Waals surface area contributed by atoms with Crippen molar-refractivity contribution in [2.24, 2.45) is 0 Å². The van der Waals surface area contributed by atoms with Gasteiger partial charge in [0.25, 0.3) is 0 Å². The molecule has 0 fully saturated rings. The van der Waals surface area contributed by atoms with E-state index in [2.05, 4.69) is 53.5 Å². The van der Waals surface area contributed by atoms with Gasteiger partial charge in [-0.25, -0.2) is 4.98 Å². The van der Waals surface area contributed by atoms with Crippen molar-refractivity contribution in [3.05, 3.63) is 29.6 Å². The topological polar surface area (TPSA) is 21.1 Å². The van der Waals surface area contributed by atoms with Crippen molar-refractivity contribution in [1.82, 2.24) is 14.5 Å². The molecule has 0 unspecified atom stereocenters. The Balaban J connectivity index is 2.38. The second-order valence-electron chi connectivity index (χ2n) is 4.65. The van der Waals surface area contributed by atoms with Gasteiger partial charge in [0.2, 0.25) is 0 Å². The number of halogens is 1. The molecular weight excluding hydrogens is 246 g/mol. The molecule has 0 amide bonds. The highest BCUT2D eigenvalue weighted by molar-refractivity contribution is 6.16. The lowest BCUT2D eigenvalue weighted by molar-refractivity contribution is 0.335. The molecule has 0 N–H and O–H groups in total. The molecule has 3 nitrogen and oxygen atoms in total. The Labute approximate surface area is 113 Å². The highest BCUT2D eigenvalue weighted by Crippen LogP contribution is 2.20. The summed E-state index contributed by atoms with van der Waals surface area (Å²) in [6.45, 7) is 7.27. The van der Waals surface area contributed by atoms with Crippen molar-refractivity contribution in [2.45, 2.75) is 26.3 Å². The summed E-state index contributed by atoms with van der Waals surface area (Å²) in [5.74, 6) is 1.43. The maximum atomic E-state index is 6.01. The molecule has 2 aromatic rings. The Bertz CT molecular complexity index is 533. The van der Waals surface area contributed by atoms with Gasteiger partial charge in [0.15, 0.2) is 0 Å². The van der Waals surface area contributed by atoms with Crippen LogP contribution < -0.4 is 0 Å². The summed E-state index contributed by atoms with van der Waals surface area (Å²) in [5, 5.41) is 0. The minimum Gasteiger partial charge on any atom is -0.326 e. The smallest absolute Gasteiger partial charge is 0.124 e. The fourth-order valence-electron chi connectivity index (χ4n) is 2.12. The molecule has 0 saturated heterocycles. The monoisotopic (exact) mass is 265 g/mol. The highest BCUT2D eigenvalue weighted by Gasteiger charge is 2.11. The van der Waals surface area contributed by atoms with Gasteiger partial charge in [-0.15, -0.1) is 11.6 Å². The van der Waals surface area contributed by atoms with Crippen LogP contribution in [-0.4, -0.2) is 34.6 Å². The lowest BCUT2D eigenvalue weighted by Crippen LogP contribution is -2.23. The molecule has 1 aromatic carbocycles. The molecule has 0 aliphatic heterocycles. The van der Waals surface area contributed by atoms with E-state index in [1.165, 1.54) is 11.1 Å². The van der Waals surface area contributed by atoms with Gasteiger partial charge in [-0.3, -0.25) is 0 Å². The summed E-state index contributed by atoms with van der Waals surface area (Å²) in [7, 11) is 2.13. The van der Waals surface area contributed by atoms with E-state index < -0.39 is 0 Å². The minimum atomic E-state index is 0.462. The summed E-state index contributed by atoms with van der Waals surface area (Å²) in [6.07, 6.45) is 0. The molecule has 18 heavy (non-hydrogen) atoms. The third kappa shape index (κ3) is 2.52. The predicted octanol–water partition coefficient (Wildman–Crippen LogP) is 3.04. The number of alkyl halides is 1. The van der Waals surface area contributed by atoms with Gasteiger partial charge in [0, 0.05) is 13.1 Å². The number of imidazole rings is 1. The maximum Gasteiger partial charge on any atom is 0.124 e. The molecule has 98 valence electrons. The average Bonchev–Trinajstić information content (AvgIpc) is 2.75. The molecule has 0 bridgehead atoms. The van der Waals surface area contributed by atoms with Gasteiger partial charge in [-0.05, 0) is 32.1 Å². The van der Waals surface area contributed by atoms with E-state index in [0.29, 0.717) is 5.88 Å². The van der Waals surface area contributed by atoms with Crippen molar-refractivity contribution in [3.63, 3.8) is 0 Å². The zero-order valence-corrected chi connectivity index (χ0v) is 12.0. The van der Waals surface area contributed by atoms with Crippen LogP contribution in [0.3, 0.4) is 0 Å². The first-order chi connectivity index (χ1) is 8.67. The van der Waals surface area contributed by atoms with Crippen molar-refractivity contribution >= 4 is 22.6 Å². The lowest BCUT2D eigenvalue weighted by atomic mass is 10.2. The maximum absolute atomic E-state index is 6.01. The summed E-state index contributed by atoms with van der Waals surface area (Å²) >= 11 is 6.01. The van der Waals surface area contributed by atoms with Crippen LogP contribution in [0, 0.1) is 6.92 Å². The van der Waals surface area contributed by atoms with Crippen LogP contribution in [-0.2, 0) is 12.4 Å². The zero-order valence-electron chi connectivity index (χ0n) is 11.3. The lowest BCUT2D eigenvalue weighted by Gasteiger charge is -2.15. The molecule has 4 heteroatoms. The van der Waals surface area contributed by atoms with Crippen molar-refractivity contribution in [2.75, 3.05) is 20.1 Å². The molecular formula is C14H20ClN3. The van der Waals surface area contributed by atoms with Gasteiger partial charge in [0.05, 0.1) is 16.9 Å². The molecule has 0 aliphatic carbocycles. The molecule has 2 rings (SSSR count). The Morgan fingerprint density at radius 1 is 1.39 bits per heavy atom. The Morgan fingerprint density at radius 3 is 2.83 bits per heavy atom. The quantitative estimate of drug-likeness (QED) is 0.775. The number of benzene rings is 1. The fraction of sp³-hybridized carbons (Fsp3) is 0.500. The Hall–Kier alpha value is -1.06. The van der Waals surface area contributed by atoms with Crippen LogP contribution in [0.1, 0.15) is 18.3 Å². The highest BCUT2D eigenvalue weighted by atomic mass is 35.5. The summed E-state index contributed by atoms with van der Waals surface area (Å²) < 4.78 is 2.24. The van der Waals surface area contributed by atoms with E-state index in [4.69, 9.17) is 11.6 Å². The van der Waals surface area contributed by atoms with E-state index in [1.807, 2.05) is 0 Å². The molecule has 0 atom stereocenters. The van der Waals surface area contributed by atoms with E-state index in [-0.39, 0.29) is 0 Å². The second-order valence-corrected chi connectivity index (χ2v) is 4.92. The third-order valence-electron chi connectivity index (χ3n) is 3.42. The number of hydrogen-bond acceptors (Lipinski definition) is 2. The van der Waals surface area contributed by atoms with Crippen LogP contribution in [0.15, 0.2) is 18.2 Å². The van der Waals surface area contributed by atoms with Gasteiger partial charge in [-0.2, -0.15) is 0 Å². The van der Waals surface area contributed by atoms with E-state index in [9.17, 15) is 0 Å². The molecule has 1 heterocycles. The van der Waals surface area contributed by atoms with Gasteiger partial charge >= 0.3 is 0 Å². The number of aryl methyl sites for hydroxylation is 1. The number of nitrogens with zero attached hydrogens (tertiary/aromatic N) is 3. The summed E-state index contributed by atoms with van der Waals surface area (Å²) in [4.78, 5) is 6.94. The molecule has 1 aromatic heterocycles. The van der Waals surface area contributed by atoms with Gasteiger partial charge in [0.1, 0.15) is 5.82 Å². The van der Waals surface area contributed by atoms with E-state index in [1.54, 1.807) is 0 Å². The van der Waals surface area contributed by atoms with E-state index in [0.717, 1.165) is 31.0 Å². The first-order valence-electron chi connectivity index (χ1n) is 6.36. The number of aromatic nitrogens is 2. The number of para-hydroxylation sites is 1. The summed E-state index contributed by atoms with van der Waals surface area (Å²) in [6, 6.07) is 6.30. The van der Waals surface area contributed by atoms with E-state index >= 15 is 0 Å². The Morgan fingerprint density at radius 2 is 2.17 bits per heavy atom. The number of rotatable bonds is 5. The second kappa shape index (κ2) is 5.72. The summed E-state index contributed by atoms with van der Waals surface area (Å²) in [5.41, 5.74) is 3.48. The van der Waals surface area contributed by atoms with Crippen LogP contribution >= 0.6 is 11.6 Å². The first kappa shape index (κ1) is 13.4. The largest absolute Gasteiger partial charge is 0.326 e. The SMILES string of the molecule is CCN(C)CCn1c(CCl)nc2c(C)cccc21. The first-order valence-corrected chi connectivity index (χ1v) is 6.90. The normalized spacial score (nSPS) is 11.6. The van der Waals surface area contributed by atoms with Gasteiger partial charge in [-0.1, -0.05) is 19.1 Å². The minimum absolute atomic E-state index is 0.462. The molecule has 0 spiro atoms. The molecule has 0 aliphatic rings. The number of fused-ring (bicyclic) bond motifs is 1. The van der Waals surface area contributed by atoms with Crippen molar-refractivity contribution < 1.29 is 0 Å². The standard InChI is InChI=1S/C14H20ClN3/c1-4-17(3)8-9-18-12-7-5-6-11(2)14(12)16-13(18)10-15/h5-7H,4,8-10H2,1-3H3. The molecule has 0 radical (unpaired) electrons. The number of hydrogen-bond donors (Lipinski definition) is 0. The zero-order chi connectivity index (χ0) is 13.1. The van der Waals surface area contributed by atoms with Crippen molar-refractivity contribution in [3.8, 4) is 0 Å².